The van der Waals surface area contributed by atoms with Crippen LogP contribution in [0.15, 0.2) is 36.4 Å². The second-order valence-corrected chi connectivity index (χ2v) is 4.32. The molecule has 19 heavy (non-hydrogen) atoms. The largest absolute Gasteiger partial charge is 0.492 e. The van der Waals surface area contributed by atoms with Crippen LogP contribution in [0.4, 0.5) is 0 Å². The molecule has 1 N–H and O–H groups in total. The fraction of sp³-hybridized carbons (Fsp3) is 0.294. The maximum Gasteiger partial charge on any atom is 0.135 e. The Balaban J connectivity index is 2.44. The lowest BCUT2D eigenvalue weighted by Crippen LogP contribution is -1.99. The van der Waals surface area contributed by atoms with E-state index in [0.29, 0.717) is 6.61 Å². The molecule has 0 amide bonds. The smallest absolute Gasteiger partial charge is 0.135 e. The summed E-state index contributed by atoms with van der Waals surface area (Å²) < 4.78 is 5.80. The Morgan fingerprint density at radius 2 is 2.00 bits per heavy atom. The van der Waals surface area contributed by atoms with Crippen molar-refractivity contribution < 1.29 is 9.84 Å². The van der Waals surface area contributed by atoms with Crippen molar-refractivity contribution in [2.75, 3.05) is 13.2 Å². The van der Waals surface area contributed by atoms with E-state index >= 15 is 0 Å². The molecule has 2 aromatic rings. The number of unbranched alkanes of at least 4 members (excludes halogenated alkanes) is 1. The zero-order chi connectivity index (χ0) is 13.5. The van der Waals surface area contributed by atoms with Gasteiger partial charge in [-0.05, 0) is 17.9 Å². The van der Waals surface area contributed by atoms with Crippen molar-refractivity contribution in [3.8, 4) is 17.6 Å². The van der Waals surface area contributed by atoms with Gasteiger partial charge in [-0.15, -0.1) is 0 Å². The highest BCUT2D eigenvalue weighted by atomic mass is 16.5. The molecule has 0 atom stereocenters. The average Bonchev–Trinajstić information content (AvgIpc) is 2.46. The number of benzene rings is 2. The molecule has 2 aromatic carbocycles. The fourth-order valence-electron chi connectivity index (χ4n) is 1.96. The molecular weight excluding hydrogens is 236 g/mol. The predicted molar refractivity (Wildman–Crippen MR) is 78.3 cm³/mol. The lowest BCUT2D eigenvalue weighted by molar-refractivity contribution is 0.309. The second kappa shape index (κ2) is 6.82. The molecule has 98 valence electrons. The normalized spacial score (nSPS) is 10.0. The fourth-order valence-corrected chi connectivity index (χ4v) is 1.96. The summed E-state index contributed by atoms with van der Waals surface area (Å²) in [5.74, 6) is 6.52. The highest BCUT2D eigenvalue weighted by molar-refractivity contribution is 5.90. The molecule has 0 aliphatic heterocycles. The van der Waals surface area contributed by atoms with Gasteiger partial charge in [-0.2, -0.15) is 0 Å². The Kier molecular flexibility index (Phi) is 4.83. The van der Waals surface area contributed by atoms with E-state index in [1.54, 1.807) is 0 Å². The summed E-state index contributed by atoms with van der Waals surface area (Å²) in [6.07, 6.45) is 2.13. The van der Waals surface area contributed by atoms with E-state index in [4.69, 9.17) is 9.84 Å². The molecule has 0 fully saturated rings. The van der Waals surface area contributed by atoms with Crippen molar-refractivity contribution in [2.45, 2.75) is 19.8 Å². The molecule has 0 heterocycles. The monoisotopic (exact) mass is 254 g/mol. The van der Waals surface area contributed by atoms with Crippen LogP contribution >= 0.6 is 0 Å². The topological polar surface area (TPSA) is 29.5 Å². The Labute approximate surface area is 114 Å². The highest BCUT2D eigenvalue weighted by Crippen LogP contribution is 2.27. The number of hydrogen-bond donors (Lipinski definition) is 1. The number of fused-ring (bicyclic) bond motifs is 1. The maximum absolute atomic E-state index is 8.89. The Morgan fingerprint density at radius 1 is 1.16 bits per heavy atom. The van der Waals surface area contributed by atoms with Crippen molar-refractivity contribution in [3.63, 3.8) is 0 Å². The van der Waals surface area contributed by atoms with E-state index in [-0.39, 0.29) is 6.61 Å². The van der Waals surface area contributed by atoms with Crippen LogP contribution < -0.4 is 4.74 Å². The third-order valence-electron chi connectivity index (χ3n) is 2.94. The van der Waals surface area contributed by atoms with E-state index in [0.717, 1.165) is 34.9 Å². The van der Waals surface area contributed by atoms with Crippen molar-refractivity contribution in [3.05, 3.63) is 42.0 Å². The molecule has 0 unspecified atom stereocenters. The lowest BCUT2D eigenvalue weighted by atomic mass is 10.0. The maximum atomic E-state index is 8.89. The van der Waals surface area contributed by atoms with E-state index in [2.05, 4.69) is 24.8 Å². The summed E-state index contributed by atoms with van der Waals surface area (Å²) in [4.78, 5) is 0. The summed E-state index contributed by atoms with van der Waals surface area (Å²) in [5.41, 5.74) is 0.864. The van der Waals surface area contributed by atoms with E-state index in [9.17, 15) is 0 Å². The molecule has 0 saturated heterocycles. The number of hydrogen-bond acceptors (Lipinski definition) is 2. The van der Waals surface area contributed by atoms with Gasteiger partial charge in [-0.1, -0.05) is 55.5 Å². The van der Waals surface area contributed by atoms with Crippen LogP contribution in [-0.2, 0) is 0 Å². The first-order valence-electron chi connectivity index (χ1n) is 6.61. The molecular formula is C17H18O2. The van der Waals surface area contributed by atoms with Crippen molar-refractivity contribution in [2.24, 2.45) is 0 Å². The number of aliphatic hydroxyl groups excluding tert-OH is 1. The minimum atomic E-state index is -0.141. The molecule has 2 rings (SSSR count). The summed E-state index contributed by atoms with van der Waals surface area (Å²) in [6, 6.07) is 12.1. The van der Waals surface area contributed by atoms with Crippen molar-refractivity contribution in [1.82, 2.24) is 0 Å². The van der Waals surface area contributed by atoms with E-state index < -0.39 is 0 Å². The first kappa shape index (κ1) is 13.5. The quantitative estimate of drug-likeness (QED) is 0.669. The van der Waals surface area contributed by atoms with Gasteiger partial charge in [0, 0.05) is 5.39 Å². The lowest BCUT2D eigenvalue weighted by Gasteiger charge is -2.10. The van der Waals surface area contributed by atoms with Crippen LogP contribution in [0.2, 0.25) is 0 Å². The zero-order valence-electron chi connectivity index (χ0n) is 11.1. The number of aliphatic hydroxyl groups is 1. The molecule has 0 aliphatic rings. The molecule has 0 aliphatic carbocycles. The SMILES string of the molecule is CCCCOc1ccc2ccccc2c1C#CCO. The molecule has 0 saturated carbocycles. The van der Waals surface area contributed by atoms with Gasteiger partial charge in [0.1, 0.15) is 12.4 Å². The molecule has 2 heteroatoms. The third kappa shape index (κ3) is 3.27. The van der Waals surface area contributed by atoms with Gasteiger partial charge in [0.25, 0.3) is 0 Å². The average molecular weight is 254 g/mol. The van der Waals surface area contributed by atoms with Crippen molar-refractivity contribution >= 4 is 10.8 Å². The third-order valence-corrected chi connectivity index (χ3v) is 2.94. The first-order chi connectivity index (χ1) is 9.36. The van der Waals surface area contributed by atoms with Gasteiger partial charge in [-0.3, -0.25) is 0 Å². The highest BCUT2D eigenvalue weighted by Gasteiger charge is 2.06. The van der Waals surface area contributed by atoms with E-state index in [1.165, 1.54) is 0 Å². The minimum absolute atomic E-state index is 0.141. The summed E-state index contributed by atoms with van der Waals surface area (Å²) in [6.45, 7) is 2.69. The van der Waals surface area contributed by atoms with Gasteiger partial charge in [0.05, 0.1) is 12.2 Å². The minimum Gasteiger partial charge on any atom is -0.492 e. The molecule has 2 nitrogen and oxygen atoms in total. The van der Waals surface area contributed by atoms with Crippen LogP contribution in [0.5, 0.6) is 5.75 Å². The van der Waals surface area contributed by atoms with Crippen LogP contribution in [-0.4, -0.2) is 18.3 Å². The molecule has 0 spiro atoms. The summed E-state index contributed by atoms with van der Waals surface area (Å²) >= 11 is 0. The second-order valence-electron chi connectivity index (χ2n) is 4.32. The van der Waals surface area contributed by atoms with Gasteiger partial charge >= 0.3 is 0 Å². The van der Waals surface area contributed by atoms with Gasteiger partial charge in [-0.25, -0.2) is 0 Å². The Morgan fingerprint density at radius 3 is 2.79 bits per heavy atom. The van der Waals surface area contributed by atoms with Crippen LogP contribution in [0.1, 0.15) is 25.3 Å². The predicted octanol–water partition coefficient (Wildman–Crippen LogP) is 3.36. The Bertz CT molecular complexity index is 605. The standard InChI is InChI=1S/C17H18O2/c1-2-3-13-19-17-11-10-14-7-4-5-8-15(14)16(17)9-6-12-18/h4-5,7-8,10-11,18H,2-3,12-13H2,1H3. The van der Waals surface area contributed by atoms with Gasteiger partial charge < -0.3 is 9.84 Å². The van der Waals surface area contributed by atoms with E-state index in [1.807, 2.05) is 30.3 Å². The molecule has 0 radical (unpaired) electrons. The first-order valence-corrected chi connectivity index (χ1v) is 6.61. The molecule has 0 aromatic heterocycles. The summed E-state index contributed by atoms with van der Waals surface area (Å²) in [7, 11) is 0. The van der Waals surface area contributed by atoms with Crippen LogP contribution in [0.3, 0.4) is 0 Å². The number of rotatable bonds is 4. The van der Waals surface area contributed by atoms with Gasteiger partial charge in [0.2, 0.25) is 0 Å². The van der Waals surface area contributed by atoms with Crippen molar-refractivity contribution in [1.29, 1.82) is 0 Å². The van der Waals surface area contributed by atoms with Crippen LogP contribution in [0.25, 0.3) is 10.8 Å². The number of ether oxygens (including phenoxy) is 1. The summed E-state index contributed by atoms with van der Waals surface area (Å²) in [5, 5.41) is 11.1. The Hall–Kier alpha value is -1.98. The zero-order valence-corrected chi connectivity index (χ0v) is 11.1. The molecule has 0 bridgehead atoms. The van der Waals surface area contributed by atoms with Gasteiger partial charge in [0.15, 0.2) is 0 Å². The van der Waals surface area contributed by atoms with Crippen LogP contribution in [0, 0.1) is 11.8 Å².